The number of hydrogen-bond acceptors (Lipinski definition) is 3. The van der Waals surface area contributed by atoms with Crippen molar-refractivity contribution < 1.29 is 9.90 Å². The van der Waals surface area contributed by atoms with Gasteiger partial charge in [0.25, 0.3) is 0 Å². The molecule has 1 atom stereocenters. The zero-order valence-corrected chi connectivity index (χ0v) is 12.9. The number of aromatic nitrogens is 1. The highest BCUT2D eigenvalue weighted by atomic mass is 16.4. The zero-order chi connectivity index (χ0) is 15.8. The molecule has 0 radical (unpaired) electrons. The van der Waals surface area contributed by atoms with Gasteiger partial charge in [0.2, 0.25) is 0 Å². The van der Waals surface area contributed by atoms with Gasteiger partial charge in [-0.2, -0.15) is 0 Å². The number of carbonyl (C=O) groups is 1. The molecule has 0 aliphatic heterocycles. The van der Waals surface area contributed by atoms with Crippen LogP contribution in [0.15, 0.2) is 24.4 Å². The molecule has 21 heavy (non-hydrogen) atoms. The fraction of sp³-hybridized carbons (Fsp3) is 0.438. The molecule has 1 aromatic heterocycles. The van der Waals surface area contributed by atoms with Crippen molar-refractivity contribution in [3.05, 3.63) is 35.5 Å². The van der Waals surface area contributed by atoms with Crippen LogP contribution in [0, 0.1) is 0 Å². The summed E-state index contributed by atoms with van der Waals surface area (Å²) in [5, 5.41) is 13.0. The second-order valence-electron chi connectivity index (χ2n) is 5.02. The molecular formula is C16H25N3O2. The quantitative estimate of drug-likeness (QED) is 0.680. The van der Waals surface area contributed by atoms with Crippen LogP contribution in [0.5, 0.6) is 0 Å². The maximum Gasteiger partial charge on any atom is 0.335 e. The Bertz CT molecular complexity index is 574. The van der Waals surface area contributed by atoms with Gasteiger partial charge in [0.05, 0.1) is 5.56 Å². The van der Waals surface area contributed by atoms with E-state index in [1.165, 1.54) is 0 Å². The van der Waals surface area contributed by atoms with Gasteiger partial charge in [-0.3, -0.25) is 0 Å². The van der Waals surface area contributed by atoms with Crippen molar-refractivity contribution in [3.63, 3.8) is 0 Å². The molecule has 2 aromatic rings. The van der Waals surface area contributed by atoms with Crippen LogP contribution in [0.4, 0.5) is 0 Å². The van der Waals surface area contributed by atoms with Gasteiger partial charge in [0.1, 0.15) is 0 Å². The molecular weight excluding hydrogens is 266 g/mol. The molecule has 0 fully saturated rings. The first-order chi connectivity index (χ1) is 9.99. The largest absolute Gasteiger partial charge is 0.478 e. The monoisotopic (exact) mass is 291 g/mol. The predicted molar refractivity (Wildman–Crippen MR) is 86.8 cm³/mol. The normalized spacial score (nSPS) is 11.8. The maximum absolute atomic E-state index is 10.8. The van der Waals surface area contributed by atoms with Crippen molar-refractivity contribution >= 4 is 16.9 Å². The minimum atomic E-state index is -0.912. The standard InChI is InChI=1S/C12H14N2O2.C4H11N/c1-7(13)4-9-6-14-11-5-8(12(15)16)2-3-10(9)11;1-3-5-4-2/h2-3,5-7,14H,4,13H2,1H3,(H,15,16);5H,3-4H2,1-2H3. The number of carboxylic acid groups (broad SMARTS) is 1. The molecule has 0 bridgehead atoms. The zero-order valence-electron chi connectivity index (χ0n) is 12.9. The summed E-state index contributed by atoms with van der Waals surface area (Å²) in [7, 11) is 0. The summed E-state index contributed by atoms with van der Waals surface area (Å²) < 4.78 is 0. The molecule has 1 aromatic carbocycles. The van der Waals surface area contributed by atoms with Crippen LogP contribution in [0.1, 0.15) is 36.7 Å². The molecule has 0 aliphatic carbocycles. The van der Waals surface area contributed by atoms with Crippen LogP contribution >= 0.6 is 0 Å². The summed E-state index contributed by atoms with van der Waals surface area (Å²) in [6.45, 7) is 8.34. The number of H-pyrrole nitrogens is 1. The third-order valence-corrected chi connectivity index (χ3v) is 3.06. The smallest absolute Gasteiger partial charge is 0.335 e. The number of aromatic amines is 1. The van der Waals surface area contributed by atoms with Gasteiger partial charge >= 0.3 is 5.97 Å². The van der Waals surface area contributed by atoms with Crippen LogP contribution in [0.3, 0.4) is 0 Å². The van der Waals surface area contributed by atoms with Gasteiger partial charge in [-0.05, 0) is 44.1 Å². The molecule has 0 aliphatic rings. The van der Waals surface area contributed by atoms with E-state index in [-0.39, 0.29) is 6.04 Å². The van der Waals surface area contributed by atoms with Gasteiger partial charge in [-0.15, -0.1) is 0 Å². The lowest BCUT2D eigenvalue weighted by atomic mass is 10.1. The van der Waals surface area contributed by atoms with Crippen molar-refractivity contribution in [1.82, 2.24) is 10.3 Å². The van der Waals surface area contributed by atoms with E-state index >= 15 is 0 Å². The van der Waals surface area contributed by atoms with Crippen molar-refractivity contribution in [2.24, 2.45) is 5.73 Å². The van der Waals surface area contributed by atoms with E-state index in [1.54, 1.807) is 12.1 Å². The second-order valence-corrected chi connectivity index (χ2v) is 5.02. The van der Waals surface area contributed by atoms with Crippen LogP contribution in [-0.2, 0) is 6.42 Å². The Hall–Kier alpha value is -1.85. The average Bonchev–Trinajstić information content (AvgIpc) is 2.82. The Balaban J connectivity index is 0.000000383. The van der Waals surface area contributed by atoms with Crippen molar-refractivity contribution in [2.45, 2.75) is 33.2 Å². The predicted octanol–water partition coefficient (Wildman–Crippen LogP) is 2.37. The van der Waals surface area contributed by atoms with Gasteiger partial charge in [0.15, 0.2) is 0 Å². The van der Waals surface area contributed by atoms with E-state index in [2.05, 4.69) is 24.1 Å². The molecule has 116 valence electrons. The fourth-order valence-corrected chi connectivity index (χ4v) is 2.09. The molecule has 1 unspecified atom stereocenters. The number of nitrogens with one attached hydrogen (secondary N) is 2. The highest BCUT2D eigenvalue weighted by molar-refractivity contribution is 5.94. The number of benzene rings is 1. The minimum Gasteiger partial charge on any atom is -0.478 e. The first-order valence-corrected chi connectivity index (χ1v) is 7.29. The molecule has 0 saturated carbocycles. The fourth-order valence-electron chi connectivity index (χ4n) is 2.09. The average molecular weight is 291 g/mol. The van der Waals surface area contributed by atoms with Crippen LogP contribution in [-0.4, -0.2) is 35.2 Å². The van der Waals surface area contributed by atoms with Crippen LogP contribution in [0.25, 0.3) is 10.9 Å². The first kappa shape index (κ1) is 17.2. The third kappa shape index (κ3) is 5.21. The van der Waals surface area contributed by atoms with Crippen molar-refractivity contribution in [1.29, 1.82) is 0 Å². The molecule has 1 heterocycles. The van der Waals surface area contributed by atoms with Crippen LogP contribution in [0.2, 0.25) is 0 Å². The number of aromatic carboxylic acids is 1. The topological polar surface area (TPSA) is 91.1 Å². The van der Waals surface area contributed by atoms with E-state index < -0.39 is 5.97 Å². The van der Waals surface area contributed by atoms with Gasteiger partial charge < -0.3 is 21.1 Å². The van der Waals surface area contributed by atoms with Crippen LogP contribution < -0.4 is 11.1 Å². The van der Waals surface area contributed by atoms with E-state index in [1.807, 2.05) is 19.2 Å². The number of carboxylic acids is 1. The Labute approximate surface area is 125 Å². The molecule has 5 heteroatoms. The van der Waals surface area contributed by atoms with Gasteiger partial charge in [-0.25, -0.2) is 4.79 Å². The highest BCUT2D eigenvalue weighted by Gasteiger charge is 2.08. The van der Waals surface area contributed by atoms with E-state index in [0.717, 1.165) is 36.0 Å². The Morgan fingerprint density at radius 2 is 2.05 bits per heavy atom. The summed E-state index contributed by atoms with van der Waals surface area (Å²) in [5.74, 6) is -0.912. The van der Waals surface area contributed by atoms with E-state index in [9.17, 15) is 4.79 Å². The van der Waals surface area contributed by atoms with Crippen molar-refractivity contribution in [3.8, 4) is 0 Å². The Kier molecular flexibility index (Phi) is 6.91. The van der Waals surface area contributed by atoms with Gasteiger partial charge in [0, 0.05) is 23.1 Å². The SMILES string of the molecule is CC(N)Cc1c[nH]c2cc(C(=O)O)ccc12.CCNCC. The molecule has 5 N–H and O–H groups in total. The Morgan fingerprint density at radius 1 is 1.38 bits per heavy atom. The van der Waals surface area contributed by atoms with E-state index in [4.69, 9.17) is 10.8 Å². The maximum atomic E-state index is 10.8. The number of nitrogens with two attached hydrogens (primary N) is 1. The van der Waals surface area contributed by atoms with Crippen molar-refractivity contribution in [2.75, 3.05) is 13.1 Å². The number of hydrogen-bond donors (Lipinski definition) is 4. The second kappa shape index (κ2) is 8.44. The van der Waals surface area contributed by atoms with Gasteiger partial charge in [-0.1, -0.05) is 19.9 Å². The minimum absolute atomic E-state index is 0.0955. The summed E-state index contributed by atoms with van der Waals surface area (Å²) in [6.07, 6.45) is 2.67. The molecule has 5 nitrogen and oxygen atoms in total. The molecule has 0 saturated heterocycles. The molecule has 0 spiro atoms. The number of fused-ring (bicyclic) bond motifs is 1. The Morgan fingerprint density at radius 3 is 2.52 bits per heavy atom. The molecule has 2 rings (SSSR count). The highest BCUT2D eigenvalue weighted by Crippen LogP contribution is 2.20. The number of rotatable bonds is 5. The summed E-state index contributed by atoms with van der Waals surface area (Å²) in [4.78, 5) is 13.9. The first-order valence-electron chi connectivity index (χ1n) is 7.29. The third-order valence-electron chi connectivity index (χ3n) is 3.06. The lowest BCUT2D eigenvalue weighted by molar-refractivity contribution is 0.0697. The van der Waals surface area contributed by atoms with E-state index in [0.29, 0.717) is 5.56 Å². The molecule has 0 amide bonds. The summed E-state index contributed by atoms with van der Waals surface area (Å²) in [6, 6.07) is 5.18. The lowest BCUT2D eigenvalue weighted by Gasteiger charge is -2.03. The summed E-state index contributed by atoms with van der Waals surface area (Å²) in [5.41, 5.74) is 8.01. The summed E-state index contributed by atoms with van der Waals surface area (Å²) >= 11 is 0. The lowest BCUT2D eigenvalue weighted by Crippen LogP contribution is -2.17.